The van der Waals surface area contributed by atoms with Gasteiger partial charge in [-0.1, -0.05) is 6.92 Å². The van der Waals surface area contributed by atoms with Gasteiger partial charge in [-0.2, -0.15) is 0 Å². The lowest BCUT2D eigenvalue weighted by Crippen LogP contribution is -2.35. The zero-order valence-corrected chi connectivity index (χ0v) is 9.28. The average Bonchev–Trinajstić information content (AvgIpc) is 2.03. The number of methoxy groups -OCH3 is 1. The third-order valence-corrected chi connectivity index (χ3v) is 2.47. The Labute approximate surface area is 84.9 Å². The van der Waals surface area contributed by atoms with Gasteiger partial charge in [0.25, 0.3) is 0 Å². The highest BCUT2D eigenvalue weighted by Gasteiger charge is 2.30. The topological polar surface area (TPSA) is 66.8 Å². The van der Waals surface area contributed by atoms with Crippen LogP contribution >= 0.6 is 0 Å². The predicted molar refractivity (Wildman–Crippen MR) is 53.1 cm³/mol. The Morgan fingerprint density at radius 2 is 2.00 bits per heavy atom. The van der Waals surface area contributed by atoms with Crippen molar-refractivity contribution in [1.29, 1.82) is 0 Å². The number of carboxylic acids is 1. The molecule has 0 radical (unpaired) electrons. The number of aliphatic carboxylic acids is 1. The molecule has 2 atom stereocenters. The summed E-state index contributed by atoms with van der Waals surface area (Å²) in [5, 5.41) is 18.5. The summed E-state index contributed by atoms with van der Waals surface area (Å²) in [7, 11) is 1.55. The van der Waals surface area contributed by atoms with Crippen LogP contribution in [0, 0.1) is 5.92 Å². The van der Waals surface area contributed by atoms with Crippen molar-refractivity contribution in [3.63, 3.8) is 0 Å². The van der Waals surface area contributed by atoms with E-state index in [2.05, 4.69) is 0 Å². The molecule has 84 valence electrons. The van der Waals surface area contributed by atoms with Crippen LogP contribution in [0.5, 0.6) is 0 Å². The van der Waals surface area contributed by atoms with Crippen molar-refractivity contribution < 1.29 is 19.7 Å². The van der Waals surface area contributed by atoms with Gasteiger partial charge in [-0.3, -0.25) is 4.79 Å². The van der Waals surface area contributed by atoms with Gasteiger partial charge >= 0.3 is 5.97 Å². The number of rotatable bonds is 6. The van der Waals surface area contributed by atoms with Crippen LogP contribution in [0.3, 0.4) is 0 Å². The van der Waals surface area contributed by atoms with Crippen LogP contribution in [0.15, 0.2) is 0 Å². The molecular weight excluding hydrogens is 184 g/mol. The highest BCUT2D eigenvalue weighted by molar-refractivity contribution is 5.70. The lowest BCUT2D eigenvalue weighted by molar-refractivity contribution is -0.147. The summed E-state index contributed by atoms with van der Waals surface area (Å²) in [5.74, 6) is -1.66. The zero-order valence-electron chi connectivity index (χ0n) is 9.28. The smallest absolute Gasteiger partial charge is 0.309 e. The molecule has 0 aromatic rings. The molecule has 0 spiro atoms. The fraction of sp³-hybridized carbons (Fsp3) is 0.900. The van der Waals surface area contributed by atoms with Crippen molar-refractivity contribution in [2.75, 3.05) is 7.11 Å². The second-order valence-electron chi connectivity index (χ2n) is 4.09. The fourth-order valence-corrected chi connectivity index (χ4v) is 1.34. The van der Waals surface area contributed by atoms with E-state index in [1.807, 2.05) is 13.8 Å². The predicted octanol–water partition coefficient (Wildman–Crippen LogP) is 1.27. The van der Waals surface area contributed by atoms with Gasteiger partial charge in [0.2, 0.25) is 0 Å². The average molecular weight is 204 g/mol. The molecule has 0 aromatic heterocycles. The van der Waals surface area contributed by atoms with Crippen molar-refractivity contribution in [1.82, 2.24) is 0 Å². The molecular formula is C10H20O4. The van der Waals surface area contributed by atoms with Gasteiger partial charge in [0.05, 0.1) is 17.6 Å². The molecule has 0 aliphatic heterocycles. The van der Waals surface area contributed by atoms with Crippen molar-refractivity contribution in [3.8, 4) is 0 Å². The van der Waals surface area contributed by atoms with Gasteiger partial charge in [-0.25, -0.2) is 0 Å². The van der Waals surface area contributed by atoms with E-state index in [1.54, 1.807) is 14.0 Å². The SMILES string of the molecule is CCC(C(=O)O)C(O)CC(C)(C)OC. The molecule has 0 aliphatic carbocycles. The number of carbonyl (C=O) groups is 1. The number of aliphatic hydroxyl groups excluding tert-OH is 1. The Bertz CT molecular complexity index is 189. The number of aliphatic hydroxyl groups is 1. The summed E-state index contributed by atoms with van der Waals surface area (Å²) in [6.07, 6.45) is -0.0996. The minimum absolute atomic E-state index is 0.328. The molecule has 14 heavy (non-hydrogen) atoms. The van der Waals surface area contributed by atoms with E-state index < -0.39 is 23.6 Å². The Balaban J connectivity index is 4.31. The standard InChI is InChI=1S/C10H20O4/c1-5-7(9(12)13)8(11)6-10(2,3)14-4/h7-8,11H,5-6H2,1-4H3,(H,12,13). The first-order chi connectivity index (χ1) is 6.34. The Hall–Kier alpha value is -0.610. The molecule has 0 saturated heterocycles. The van der Waals surface area contributed by atoms with Gasteiger partial charge < -0.3 is 14.9 Å². The van der Waals surface area contributed by atoms with Crippen LogP contribution < -0.4 is 0 Å². The van der Waals surface area contributed by atoms with Gasteiger partial charge in [-0.05, 0) is 20.3 Å². The van der Waals surface area contributed by atoms with E-state index in [4.69, 9.17) is 9.84 Å². The lowest BCUT2D eigenvalue weighted by atomic mass is 9.90. The van der Waals surface area contributed by atoms with Crippen LogP contribution in [0.4, 0.5) is 0 Å². The summed E-state index contributed by atoms with van der Waals surface area (Å²) in [6.45, 7) is 5.40. The summed E-state index contributed by atoms with van der Waals surface area (Å²) < 4.78 is 5.13. The maximum atomic E-state index is 10.7. The van der Waals surface area contributed by atoms with Crippen LogP contribution in [0.25, 0.3) is 0 Å². The number of carboxylic acid groups (broad SMARTS) is 1. The van der Waals surface area contributed by atoms with E-state index >= 15 is 0 Å². The molecule has 0 rings (SSSR count). The molecule has 2 unspecified atom stereocenters. The first-order valence-corrected chi connectivity index (χ1v) is 4.80. The first kappa shape index (κ1) is 13.4. The monoisotopic (exact) mass is 204 g/mol. The normalized spacial score (nSPS) is 16.4. The first-order valence-electron chi connectivity index (χ1n) is 4.80. The molecule has 0 amide bonds. The summed E-state index contributed by atoms with van der Waals surface area (Å²) in [6, 6.07) is 0. The molecule has 4 heteroatoms. The molecule has 0 bridgehead atoms. The third kappa shape index (κ3) is 4.07. The summed E-state index contributed by atoms with van der Waals surface area (Å²) >= 11 is 0. The maximum absolute atomic E-state index is 10.7. The zero-order chi connectivity index (χ0) is 11.4. The van der Waals surface area contributed by atoms with Crippen molar-refractivity contribution >= 4 is 5.97 Å². The summed E-state index contributed by atoms with van der Waals surface area (Å²) in [5.41, 5.74) is -0.484. The molecule has 0 fully saturated rings. The van der Waals surface area contributed by atoms with Gasteiger partial charge in [0.1, 0.15) is 0 Å². The number of hydrogen-bond acceptors (Lipinski definition) is 3. The quantitative estimate of drug-likeness (QED) is 0.683. The van der Waals surface area contributed by atoms with E-state index in [0.29, 0.717) is 12.8 Å². The third-order valence-electron chi connectivity index (χ3n) is 2.47. The molecule has 0 saturated carbocycles. The summed E-state index contributed by atoms with van der Waals surface area (Å²) in [4.78, 5) is 10.7. The van der Waals surface area contributed by atoms with E-state index in [-0.39, 0.29) is 0 Å². The second-order valence-corrected chi connectivity index (χ2v) is 4.09. The van der Waals surface area contributed by atoms with Crippen LogP contribution in [0.1, 0.15) is 33.6 Å². The minimum atomic E-state index is -0.952. The van der Waals surface area contributed by atoms with Crippen LogP contribution in [0.2, 0.25) is 0 Å². The highest BCUT2D eigenvalue weighted by Crippen LogP contribution is 2.21. The van der Waals surface area contributed by atoms with Crippen LogP contribution in [-0.4, -0.2) is 35.0 Å². The van der Waals surface area contributed by atoms with E-state index in [9.17, 15) is 9.90 Å². The van der Waals surface area contributed by atoms with Crippen molar-refractivity contribution in [2.24, 2.45) is 5.92 Å². The lowest BCUT2D eigenvalue weighted by Gasteiger charge is -2.28. The molecule has 0 aliphatic rings. The highest BCUT2D eigenvalue weighted by atomic mass is 16.5. The molecule has 0 heterocycles. The van der Waals surface area contributed by atoms with Gasteiger partial charge in [-0.15, -0.1) is 0 Å². The maximum Gasteiger partial charge on any atom is 0.309 e. The largest absolute Gasteiger partial charge is 0.481 e. The Kier molecular flexibility index (Phi) is 5.08. The van der Waals surface area contributed by atoms with Gasteiger partial charge in [0.15, 0.2) is 0 Å². The van der Waals surface area contributed by atoms with E-state index in [0.717, 1.165) is 0 Å². The molecule has 4 nitrogen and oxygen atoms in total. The minimum Gasteiger partial charge on any atom is -0.481 e. The van der Waals surface area contributed by atoms with Crippen molar-refractivity contribution in [3.05, 3.63) is 0 Å². The number of ether oxygens (including phenoxy) is 1. The molecule has 2 N–H and O–H groups in total. The van der Waals surface area contributed by atoms with E-state index in [1.165, 1.54) is 0 Å². The Morgan fingerprint density at radius 3 is 2.29 bits per heavy atom. The van der Waals surface area contributed by atoms with Crippen LogP contribution in [-0.2, 0) is 9.53 Å². The number of hydrogen-bond donors (Lipinski definition) is 2. The van der Waals surface area contributed by atoms with Crippen molar-refractivity contribution in [2.45, 2.75) is 45.3 Å². The van der Waals surface area contributed by atoms with Gasteiger partial charge in [0, 0.05) is 13.5 Å². The second kappa shape index (κ2) is 5.32. The Morgan fingerprint density at radius 1 is 1.50 bits per heavy atom. The fourth-order valence-electron chi connectivity index (χ4n) is 1.34. The molecule has 0 aromatic carbocycles.